The van der Waals surface area contributed by atoms with Crippen LogP contribution < -0.4 is 10.6 Å². The highest BCUT2D eigenvalue weighted by Gasteiger charge is 2.50. The number of hydrogen-bond donors (Lipinski definition) is 2. The Labute approximate surface area is 248 Å². The summed E-state index contributed by atoms with van der Waals surface area (Å²) in [4.78, 5) is 31.0. The topological polar surface area (TPSA) is 128 Å². The van der Waals surface area contributed by atoms with E-state index in [9.17, 15) is 35.9 Å². The highest BCUT2D eigenvalue weighted by atomic mass is 19.4. The first kappa shape index (κ1) is 25.6. The molecule has 43 heavy (non-hydrogen) atoms. The minimum Gasteiger partial charge on any atom is -0.382 e. The van der Waals surface area contributed by atoms with Crippen molar-refractivity contribution in [1.29, 1.82) is 0 Å². The molecule has 0 aliphatic carbocycles. The molecular weight excluding hydrogens is 590 g/mol. The van der Waals surface area contributed by atoms with Crippen LogP contribution in [0.3, 0.4) is 0 Å². The van der Waals surface area contributed by atoms with Crippen molar-refractivity contribution in [1.82, 2.24) is 39.9 Å². The third-order valence-electron chi connectivity index (χ3n) is 6.72. The van der Waals surface area contributed by atoms with Gasteiger partial charge in [0, 0.05) is 29.5 Å². The first-order valence-electron chi connectivity index (χ1n) is 15.0. The molecule has 0 radical (unpaired) electrons. The second kappa shape index (κ2) is 12.0. The normalized spacial score (nSPS) is 20.1. The summed E-state index contributed by atoms with van der Waals surface area (Å²) in [5, 5.41) is 12.0. The number of nitrogens with zero attached hydrogens (tertiary/aromatic N) is 6. The van der Waals surface area contributed by atoms with Crippen LogP contribution in [0.25, 0.3) is 5.65 Å². The Bertz CT molecular complexity index is 1640. The number of fused-ring (bicyclic) bond motifs is 1. The van der Waals surface area contributed by atoms with Gasteiger partial charge in [-0.05, 0) is 32.8 Å². The molecular formula is C25H30F6N8O4. The van der Waals surface area contributed by atoms with Crippen molar-refractivity contribution in [3.05, 3.63) is 47.7 Å². The van der Waals surface area contributed by atoms with E-state index in [2.05, 4.69) is 20.5 Å². The van der Waals surface area contributed by atoms with Gasteiger partial charge < -0.3 is 25.0 Å². The minimum absolute atomic E-state index is 0.00804. The van der Waals surface area contributed by atoms with Gasteiger partial charge in [-0.1, -0.05) is 0 Å². The van der Waals surface area contributed by atoms with Gasteiger partial charge in [-0.3, -0.25) is 9.48 Å². The molecule has 3 atom stereocenters. The van der Waals surface area contributed by atoms with E-state index in [0.29, 0.717) is 4.68 Å². The van der Waals surface area contributed by atoms with Crippen LogP contribution in [0, 0.1) is 0 Å². The number of methoxy groups -OCH3 is 1. The molecule has 1 aliphatic heterocycles. The molecule has 3 aromatic rings. The van der Waals surface area contributed by atoms with Crippen LogP contribution in [0.2, 0.25) is 0 Å². The predicted octanol–water partition coefficient (Wildman–Crippen LogP) is 3.42. The van der Waals surface area contributed by atoms with Crippen molar-refractivity contribution < 1.29 is 52.3 Å². The van der Waals surface area contributed by atoms with Crippen molar-refractivity contribution in [3.8, 4) is 0 Å². The molecule has 1 aliphatic rings. The second-order valence-corrected chi connectivity index (χ2v) is 10.0. The zero-order chi connectivity index (χ0) is 36.0. The minimum atomic E-state index is -4.84. The Morgan fingerprint density at radius 2 is 2.00 bits per heavy atom. The first-order chi connectivity index (χ1) is 22.0. The monoisotopic (exact) mass is 625 g/mol. The van der Waals surface area contributed by atoms with Crippen LogP contribution in [-0.2, 0) is 16.0 Å². The number of halogens is 6. The molecule has 4 rings (SSSR count). The summed E-state index contributed by atoms with van der Waals surface area (Å²) in [7, 11) is 1.27. The van der Waals surface area contributed by atoms with Crippen molar-refractivity contribution in [2.45, 2.75) is 63.3 Å². The van der Waals surface area contributed by atoms with Gasteiger partial charge in [-0.2, -0.15) is 36.5 Å². The summed E-state index contributed by atoms with van der Waals surface area (Å²) in [6, 6.07) is -3.30. The molecule has 0 saturated carbocycles. The molecule has 1 fully saturated rings. The predicted molar refractivity (Wildman–Crippen MR) is 137 cm³/mol. The number of ether oxygens (including phenoxy) is 2. The van der Waals surface area contributed by atoms with Gasteiger partial charge in [0.2, 0.25) is 0 Å². The SMILES string of the molecule is [2H]C([2H])([2H])C([2H])([2H])n1nccc1C(=O)N[C@@H](COC(C)(C)C(F)(F)F)c1cn2ncc([C@@H](COC)N3C[C@@H](C(F)(F)F)NC3=O)cc2n1. The van der Waals surface area contributed by atoms with Gasteiger partial charge >= 0.3 is 18.4 Å². The number of carbonyl (C=O) groups is 2. The van der Waals surface area contributed by atoms with Crippen LogP contribution in [0.5, 0.6) is 0 Å². The highest BCUT2D eigenvalue weighted by Crippen LogP contribution is 2.34. The van der Waals surface area contributed by atoms with Crippen molar-refractivity contribution in [2.24, 2.45) is 0 Å². The van der Waals surface area contributed by atoms with E-state index in [1.807, 2.05) is 5.32 Å². The Hall–Kier alpha value is -3.93. The van der Waals surface area contributed by atoms with Gasteiger partial charge in [0.1, 0.15) is 11.7 Å². The molecule has 0 aromatic carbocycles. The molecule has 0 bridgehead atoms. The number of alkyl halides is 6. The maximum atomic E-state index is 13.6. The maximum Gasteiger partial charge on any atom is 0.416 e. The van der Waals surface area contributed by atoms with Crippen molar-refractivity contribution in [2.75, 3.05) is 26.9 Å². The molecule has 2 N–H and O–H groups in total. The number of nitrogens with one attached hydrogen (secondary N) is 2. The summed E-state index contributed by atoms with van der Waals surface area (Å²) in [6.07, 6.45) is -6.14. The zero-order valence-electron chi connectivity index (χ0n) is 27.8. The number of imidazole rings is 1. The van der Waals surface area contributed by atoms with E-state index in [4.69, 9.17) is 16.3 Å². The van der Waals surface area contributed by atoms with Crippen LogP contribution in [0.15, 0.2) is 30.7 Å². The van der Waals surface area contributed by atoms with E-state index < -0.39 is 80.2 Å². The standard InChI is InChI=1S/C25H30F6N8O4/c1-5-38-17(6-7-32-38)21(40)35-16(12-43-23(2,3)25(29,30)31)15-10-39-20(34-15)8-14(9-33-39)18(13-42-4)37-11-19(24(26,27)28)36-22(37)41/h6-10,16,18-19H,5,11-13H2,1-4H3,(H,35,40)(H,36,41)/t16-,18+,19-/m0/s1/i1D3,5D2. The van der Waals surface area contributed by atoms with E-state index >= 15 is 0 Å². The van der Waals surface area contributed by atoms with E-state index in [0.717, 1.165) is 35.5 Å². The number of rotatable bonds is 11. The van der Waals surface area contributed by atoms with E-state index in [1.165, 1.54) is 25.6 Å². The Balaban J connectivity index is 1.69. The fourth-order valence-corrected chi connectivity index (χ4v) is 4.17. The number of hydrogen-bond acceptors (Lipinski definition) is 7. The van der Waals surface area contributed by atoms with Gasteiger partial charge in [0.25, 0.3) is 5.91 Å². The van der Waals surface area contributed by atoms with Crippen LogP contribution in [0.1, 0.15) is 61.4 Å². The lowest BCUT2D eigenvalue weighted by atomic mass is 10.1. The van der Waals surface area contributed by atoms with E-state index in [-0.39, 0.29) is 23.5 Å². The third-order valence-corrected chi connectivity index (χ3v) is 6.72. The van der Waals surface area contributed by atoms with Gasteiger partial charge in [0.05, 0.1) is 52.7 Å². The van der Waals surface area contributed by atoms with E-state index in [1.54, 1.807) is 0 Å². The lowest BCUT2D eigenvalue weighted by molar-refractivity contribution is -0.265. The zero-order valence-corrected chi connectivity index (χ0v) is 22.8. The number of amides is 3. The average Bonchev–Trinajstić information content (AvgIpc) is 3.70. The molecule has 236 valence electrons. The summed E-state index contributed by atoms with van der Waals surface area (Å²) in [6.45, 7) is -6.72. The Morgan fingerprint density at radius 3 is 2.63 bits per heavy atom. The van der Waals surface area contributed by atoms with Gasteiger partial charge in [-0.15, -0.1) is 0 Å². The molecule has 3 amide bonds. The molecule has 0 unspecified atom stereocenters. The highest BCUT2D eigenvalue weighted by molar-refractivity contribution is 5.92. The largest absolute Gasteiger partial charge is 0.416 e. The number of carbonyl (C=O) groups excluding carboxylic acids is 2. The quantitative estimate of drug-likeness (QED) is 0.313. The molecule has 0 spiro atoms. The lowest BCUT2D eigenvalue weighted by Gasteiger charge is -2.30. The summed E-state index contributed by atoms with van der Waals surface area (Å²) in [5.74, 6) is -1.14. The van der Waals surface area contributed by atoms with Crippen LogP contribution in [0.4, 0.5) is 31.1 Å². The van der Waals surface area contributed by atoms with Crippen LogP contribution >= 0.6 is 0 Å². The number of urea groups is 1. The summed E-state index contributed by atoms with van der Waals surface area (Å²) in [5.41, 5.74) is -3.20. The third kappa shape index (κ3) is 6.84. The van der Waals surface area contributed by atoms with Gasteiger partial charge in [-0.25, -0.2) is 14.3 Å². The maximum absolute atomic E-state index is 13.6. The molecule has 12 nitrogen and oxygen atoms in total. The smallest absolute Gasteiger partial charge is 0.382 e. The summed E-state index contributed by atoms with van der Waals surface area (Å²) < 4.78 is 131. The average molecular weight is 626 g/mol. The fourth-order valence-electron chi connectivity index (χ4n) is 4.17. The fraction of sp³-hybridized carbons (Fsp3) is 0.560. The van der Waals surface area contributed by atoms with Crippen LogP contribution in [-0.4, -0.2) is 92.1 Å². The summed E-state index contributed by atoms with van der Waals surface area (Å²) >= 11 is 0. The van der Waals surface area contributed by atoms with Crippen molar-refractivity contribution in [3.63, 3.8) is 0 Å². The van der Waals surface area contributed by atoms with Gasteiger partial charge in [0.15, 0.2) is 11.2 Å². The molecule has 3 aromatic heterocycles. The Morgan fingerprint density at radius 1 is 1.26 bits per heavy atom. The first-order valence-corrected chi connectivity index (χ1v) is 12.5. The second-order valence-electron chi connectivity index (χ2n) is 10.0. The number of aromatic nitrogens is 5. The molecule has 18 heteroatoms. The lowest BCUT2D eigenvalue weighted by Crippen LogP contribution is -2.44. The van der Waals surface area contributed by atoms with Crippen molar-refractivity contribution >= 4 is 17.6 Å². The molecule has 4 heterocycles. The molecule has 1 saturated heterocycles. The number of aryl methyl sites for hydroxylation is 1. The Kier molecular flexibility index (Phi) is 7.12.